The van der Waals surface area contributed by atoms with Gasteiger partial charge in [0.1, 0.15) is 5.78 Å². The zero-order valence-corrected chi connectivity index (χ0v) is 12.4. The van der Waals surface area contributed by atoms with E-state index >= 15 is 0 Å². The summed E-state index contributed by atoms with van der Waals surface area (Å²) in [7, 11) is 0. The van der Waals surface area contributed by atoms with Crippen LogP contribution in [0.15, 0.2) is 17.5 Å². The third-order valence-corrected chi connectivity index (χ3v) is 4.20. The Morgan fingerprint density at radius 1 is 1.06 bits per heavy atom. The molecule has 0 aliphatic carbocycles. The number of hydrogen-bond donors (Lipinski definition) is 0. The molecule has 1 nitrogen and oxygen atoms in total. The van der Waals surface area contributed by atoms with Gasteiger partial charge in [-0.1, -0.05) is 45.1 Å². The standard InChI is InChI=1S/C16H26OS/c1-2-3-4-5-6-7-10-15(17)11-8-12-16-13-9-14-18-16/h9,13-14H,2-8,10-12H2,1H3. The van der Waals surface area contributed by atoms with Gasteiger partial charge in [0, 0.05) is 17.7 Å². The minimum atomic E-state index is 0.460. The number of hydrogen-bond acceptors (Lipinski definition) is 2. The first-order valence-electron chi connectivity index (χ1n) is 7.37. The van der Waals surface area contributed by atoms with Crippen molar-refractivity contribution in [1.29, 1.82) is 0 Å². The molecule has 0 saturated heterocycles. The van der Waals surface area contributed by atoms with Crippen LogP contribution in [0.4, 0.5) is 0 Å². The highest BCUT2D eigenvalue weighted by atomic mass is 32.1. The predicted molar refractivity (Wildman–Crippen MR) is 80.3 cm³/mol. The molecule has 1 rings (SSSR count). The Hall–Kier alpha value is -0.630. The third kappa shape index (κ3) is 7.65. The Morgan fingerprint density at radius 3 is 2.50 bits per heavy atom. The summed E-state index contributed by atoms with van der Waals surface area (Å²) < 4.78 is 0. The lowest BCUT2D eigenvalue weighted by molar-refractivity contribution is -0.119. The number of unbranched alkanes of at least 4 members (excludes halogenated alkanes) is 5. The number of Topliss-reactive ketones (excluding diaryl/α,β-unsaturated/α-hetero) is 1. The first kappa shape index (κ1) is 15.4. The molecule has 0 radical (unpaired) electrons. The van der Waals surface area contributed by atoms with E-state index < -0.39 is 0 Å². The number of thiophene rings is 1. The second-order valence-corrected chi connectivity index (χ2v) is 6.02. The van der Waals surface area contributed by atoms with Crippen LogP contribution in [-0.2, 0) is 11.2 Å². The van der Waals surface area contributed by atoms with E-state index in [2.05, 4.69) is 24.4 Å². The van der Waals surface area contributed by atoms with Crippen molar-refractivity contribution in [2.24, 2.45) is 0 Å². The van der Waals surface area contributed by atoms with Crippen LogP contribution >= 0.6 is 11.3 Å². The van der Waals surface area contributed by atoms with E-state index in [1.165, 1.54) is 37.0 Å². The molecule has 0 aliphatic heterocycles. The predicted octanol–water partition coefficient (Wildman–Crippen LogP) is 5.39. The van der Waals surface area contributed by atoms with Gasteiger partial charge in [-0.2, -0.15) is 0 Å². The van der Waals surface area contributed by atoms with E-state index in [0.29, 0.717) is 5.78 Å². The molecule has 2 heteroatoms. The van der Waals surface area contributed by atoms with Gasteiger partial charge < -0.3 is 0 Å². The first-order chi connectivity index (χ1) is 8.83. The highest BCUT2D eigenvalue weighted by Gasteiger charge is 2.02. The summed E-state index contributed by atoms with van der Waals surface area (Å²) in [4.78, 5) is 13.1. The van der Waals surface area contributed by atoms with E-state index in [1.807, 2.05) is 0 Å². The summed E-state index contributed by atoms with van der Waals surface area (Å²) in [6, 6.07) is 4.24. The van der Waals surface area contributed by atoms with Crippen molar-refractivity contribution in [1.82, 2.24) is 0 Å². The molecule has 0 aliphatic rings. The number of carbonyl (C=O) groups excluding carboxylic acids is 1. The minimum Gasteiger partial charge on any atom is -0.300 e. The molecule has 0 unspecified atom stereocenters. The maximum Gasteiger partial charge on any atom is 0.132 e. The van der Waals surface area contributed by atoms with Crippen molar-refractivity contribution in [3.05, 3.63) is 22.4 Å². The lowest BCUT2D eigenvalue weighted by Gasteiger charge is -2.01. The lowest BCUT2D eigenvalue weighted by atomic mass is 10.0. The van der Waals surface area contributed by atoms with Crippen LogP contribution in [0, 0.1) is 0 Å². The molecule has 0 spiro atoms. The molecule has 0 amide bonds. The number of ketones is 1. The van der Waals surface area contributed by atoms with Gasteiger partial charge in [0.05, 0.1) is 0 Å². The average molecular weight is 266 g/mol. The monoisotopic (exact) mass is 266 g/mol. The maximum atomic E-state index is 11.7. The Kier molecular flexibility index (Phi) is 8.83. The van der Waals surface area contributed by atoms with Crippen molar-refractivity contribution < 1.29 is 4.79 Å². The smallest absolute Gasteiger partial charge is 0.132 e. The van der Waals surface area contributed by atoms with E-state index in [-0.39, 0.29) is 0 Å². The highest BCUT2D eigenvalue weighted by Crippen LogP contribution is 2.13. The maximum absolute atomic E-state index is 11.7. The van der Waals surface area contributed by atoms with Crippen molar-refractivity contribution in [2.45, 2.75) is 71.1 Å². The first-order valence-corrected chi connectivity index (χ1v) is 8.25. The van der Waals surface area contributed by atoms with Crippen LogP contribution in [0.1, 0.15) is 69.6 Å². The summed E-state index contributed by atoms with van der Waals surface area (Å²) in [6.45, 7) is 2.23. The normalized spacial score (nSPS) is 10.7. The lowest BCUT2D eigenvalue weighted by Crippen LogP contribution is -1.98. The van der Waals surface area contributed by atoms with Crippen LogP contribution in [0.5, 0.6) is 0 Å². The fraction of sp³-hybridized carbons (Fsp3) is 0.688. The minimum absolute atomic E-state index is 0.460. The molecule has 1 heterocycles. The topological polar surface area (TPSA) is 17.1 Å². The molecule has 18 heavy (non-hydrogen) atoms. The number of rotatable bonds is 11. The molecule has 1 aromatic rings. The van der Waals surface area contributed by atoms with E-state index in [4.69, 9.17) is 0 Å². The summed E-state index contributed by atoms with van der Waals surface area (Å²) in [6.07, 6.45) is 11.3. The molecule has 0 aromatic carbocycles. The molecule has 0 N–H and O–H groups in total. The van der Waals surface area contributed by atoms with Gasteiger partial charge in [-0.15, -0.1) is 11.3 Å². The fourth-order valence-electron chi connectivity index (χ4n) is 2.14. The molecule has 0 fully saturated rings. The van der Waals surface area contributed by atoms with Gasteiger partial charge in [-0.05, 0) is 30.7 Å². The van der Waals surface area contributed by atoms with Crippen LogP contribution in [0.2, 0.25) is 0 Å². The number of aryl methyl sites for hydroxylation is 1. The van der Waals surface area contributed by atoms with Gasteiger partial charge in [0.15, 0.2) is 0 Å². The molecule has 1 aromatic heterocycles. The summed E-state index contributed by atoms with van der Waals surface area (Å²) in [5.74, 6) is 0.460. The number of carbonyl (C=O) groups is 1. The largest absolute Gasteiger partial charge is 0.300 e. The van der Waals surface area contributed by atoms with E-state index in [9.17, 15) is 4.79 Å². The molecular weight excluding hydrogens is 240 g/mol. The second kappa shape index (κ2) is 10.3. The molecule has 0 atom stereocenters. The van der Waals surface area contributed by atoms with Crippen LogP contribution in [0.3, 0.4) is 0 Å². The third-order valence-electron chi connectivity index (χ3n) is 3.27. The van der Waals surface area contributed by atoms with Crippen LogP contribution in [-0.4, -0.2) is 5.78 Å². The Balaban J connectivity index is 1.91. The SMILES string of the molecule is CCCCCCCCC(=O)CCCc1cccs1. The highest BCUT2D eigenvalue weighted by molar-refractivity contribution is 7.09. The Labute approximate surface area is 116 Å². The van der Waals surface area contributed by atoms with Gasteiger partial charge >= 0.3 is 0 Å². The zero-order chi connectivity index (χ0) is 13.1. The van der Waals surface area contributed by atoms with Crippen molar-refractivity contribution in [2.75, 3.05) is 0 Å². The molecule has 0 bridgehead atoms. The fourth-order valence-corrected chi connectivity index (χ4v) is 2.89. The van der Waals surface area contributed by atoms with Crippen LogP contribution < -0.4 is 0 Å². The van der Waals surface area contributed by atoms with Gasteiger partial charge in [-0.25, -0.2) is 0 Å². The van der Waals surface area contributed by atoms with Crippen molar-refractivity contribution in [3.8, 4) is 0 Å². The quantitative estimate of drug-likeness (QED) is 0.491. The zero-order valence-electron chi connectivity index (χ0n) is 11.6. The molecular formula is C16H26OS. The van der Waals surface area contributed by atoms with Gasteiger partial charge in [0.25, 0.3) is 0 Å². The molecule has 0 saturated carbocycles. The summed E-state index contributed by atoms with van der Waals surface area (Å²) >= 11 is 1.79. The van der Waals surface area contributed by atoms with E-state index in [0.717, 1.165) is 32.1 Å². The van der Waals surface area contributed by atoms with Crippen LogP contribution in [0.25, 0.3) is 0 Å². The Bertz CT molecular complexity index is 303. The molecule has 102 valence electrons. The van der Waals surface area contributed by atoms with Crippen molar-refractivity contribution in [3.63, 3.8) is 0 Å². The summed E-state index contributed by atoms with van der Waals surface area (Å²) in [5, 5.41) is 2.10. The average Bonchev–Trinajstić information content (AvgIpc) is 2.87. The van der Waals surface area contributed by atoms with E-state index in [1.54, 1.807) is 11.3 Å². The van der Waals surface area contributed by atoms with Gasteiger partial charge in [-0.3, -0.25) is 4.79 Å². The van der Waals surface area contributed by atoms with Crippen molar-refractivity contribution >= 4 is 17.1 Å². The van der Waals surface area contributed by atoms with Gasteiger partial charge in [0.2, 0.25) is 0 Å². The summed E-state index contributed by atoms with van der Waals surface area (Å²) in [5.41, 5.74) is 0. The second-order valence-electron chi connectivity index (χ2n) is 4.99. The Morgan fingerprint density at radius 2 is 1.78 bits per heavy atom.